The zero-order chi connectivity index (χ0) is 18.7. The summed E-state index contributed by atoms with van der Waals surface area (Å²) in [5.74, 6) is -0.642. The highest BCUT2D eigenvalue weighted by molar-refractivity contribution is 6.33. The molecule has 7 heteroatoms. The summed E-state index contributed by atoms with van der Waals surface area (Å²) in [5, 5.41) is 11.4. The summed E-state index contributed by atoms with van der Waals surface area (Å²) in [5.41, 5.74) is 1.60. The number of esters is 1. The Morgan fingerprint density at radius 1 is 1.19 bits per heavy atom. The number of allylic oxidation sites excluding steroid dienone is 2. The Hall–Kier alpha value is -3.25. The van der Waals surface area contributed by atoms with E-state index in [0.29, 0.717) is 16.2 Å². The summed E-state index contributed by atoms with van der Waals surface area (Å²) in [7, 11) is 0. The maximum atomic E-state index is 12.1. The van der Waals surface area contributed by atoms with Gasteiger partial charge in [-0.1, -0.05) is 48.0 Å². The highest BCUT2D eigenvalue weighted by Crippen LogP contribution is 2.26. The van der Waals surface area contributed by atoms with E-state index < -0.39 is 10.9 Å². The highest BCUT2D eigenvalue weighted by Gasteiger charge is 2.27. The van der Waals surface area contributed by atoms with Crippen molar-refractivity contribution >= 4 is 35.2 Å². The lowest BCUT2D eigenvalue weighted by Gasteiger charge is -2.04. The van der Waals surface area contributed by atoms with Gasteiger partial charge in [-0.25, -0.2) is 9.79 Å². The standard InChI is InChI=1S/C19H13ClN2O4/c1-12-15(8-5-9-17(12)22(24)25)18-21-16(19(23)26-18)11-14(20)10-13-6-3-2-4-7-13/h2-11H,1H3/b14-10-,16-11+. The normalized spacial score (nSPS) is 15.8. The number of halogens is 1. The Kier molecular flexibility index (Phi) is 4.95. The van der Waals surface area contributed by atoms with E-state index in [1.54, 1.807) is 19.1 Å². The molecule has 0 amide bonds. The van der Waals surface area contributed by atoms with E-state index >= 15 is 0 Å². The smallest absolute Gasteiger partial charge is 0.363 e. The minimum absolute atomic E-state index is 0.0200. The second-order valence-corrected chi connectivity index (χ2v) is 5.92. The van der Waals surface area contributed by atoms with Crippen LogP contribution in [0.4, 0.5) is 5.69 Å². The van der Waals surface area contributed by atoms with Crippen LogP contribution in [0.1, 0.15) is 16.7 Å². The van der Waals surface area contributed by atoms with E-state index in [-0.39, 0.29) is 17.3 Å². The maximum Gasteiger partial charge on any atom is 0.363 e. The lowest BCUT2D eigenvalue weighted by Crippen LogP contribution is -2.08. The monoisotopic (exact) mass is 368 g/mol. The largest absolute Gasteiger partial charge is 0.402 e. The lowest BCUT2D eigenvalue weighted by molar-refractivity contribution is -0.385. The molecular weight excluding hydrogens is 356 g/mol. The van der Waals surface area contributed by atoms with Gasteiger partial charge in [-0.05, 0) is 30.7 Å². The average Bonchev–Trinajstić information content (AvgIpc) is 2.96. The van der Waals surface area contributed by atoms with Gasteiger partial charge in [0.1, 0.15) is 0 Å². The van der Waals surface area contributed by atoms with Crippen LogP contribution in [-0.4, -0.2) is 16.8 Å². The third kappa shape index (κ3) is 3.70. The van der Waals surface area contributed by atoms with Crippen LogP contribution >= 0.6 is 11.6 Å². The van der Waals surface area contributed by atoms with Crippen LogP contribution in [0, 0.1) is 17.0 Å². The molecule has 0 aliphatic carbocycles. The number of nitrogens with zero attached hydrogens (tertiary/aromatic N) is 2. The van der Waals surface area contributed by atoms with Gasteiger partial charge in [0.15, 0.2) is 5.70 Å². The first-order valence-corrected chi connectivity index (χ1v) is 8.02. The molecule has 0 spiro atoms. The second kappa shape index (κ2) is 7.33. The fraction of sp³-hybridized carbons (Fsp3) is 0.0526. The van der Waals surface area contributed by atoms with E-state index in [0.717, 1.165) is 5.56 Å². The van der Waals surface area contributed by atoms with Gasteiger partial charge in [-0.2, -0.15) is 0 Å². The first-order chi connectivity index (χ1) is 12.5. The number of benzene rings is 2. The lowest BCUT2D eigenvalue weighted by atomic mass is 10.1. The number of aliphatic imine (C=N–C) groups is 1. The molecule has 0 aromatic heterocycles. The zero-order valence-corrected chi connectivity index (χ0v) is 14.4. The second-order valence-electron chi connectivity index (χ2n) is 5.48. The van der Waals surface area contributed by atoms with Gasteiger partial charge in [0.2, 0.25) is 5.90 Å². The topological polar surface area (TPSA) is 81.8 Å². The zero-order valence-electron chi connectivity index (χ0n) is 13.7. The minimum Gasteiger partial charge on any atom is -0.402 e. The summed E-state index contributed by atoms with van der Waals surface area (Å²) < 4.78 is 5.16. The van der Waals surface area contributed by atoms with Crippen molar-refractivity contribution in [2.45, 2.75) is 6.92 Å². The molecule has 0 N–H and O–H groups in total. The molecule has 0 radical (unpaired) electrons. The first kappa shape index (κ1) is 17.6. The number of ether oxygens (including phenoxy) is 1. The Bertz CT molecular complexity index is 978. The molecule has 0 saturated heterocycles. The average molecular weight is 369 g/mol. The minimum atomic E-state index is -0.662. The number of rotatable bonds is 4. The van der Waals surface area contributed by atoms with Crippen molar-refractivity contribution in [3.63, 3.8) is 0 Å². The van der Waals surface area contributed by atoms with E-state index in [2.05, 4.69) is 4.99 Å². The molecule has 2 aromatic rings. The van der Waals surface area contributed by atoms with Crippen molar-refractivity contribution in [3.8, 4) is 0 Å². The molecule has 0 bridgehead atoms. The van der Waals surface area contributed by atoms with Crippen LogP contribution in [0.15, 0.2) is 70.3 Å². The van der Waals surface area contributed by atoms with Gasteiger partial charge in [0.05, 0.1) is 4.92 Å². The van der Waals surface area contributed by atoms with Crippen LogP contribution in [0.5, 0.6) is 0 Å². The number of hydrogen-bond acceptors (Lipinski definition) is 5. The predicted molar refractivity (Wildman–Crippen MR) is 98.8 cm³/mol. The summed E-state index contributed by atoms with van der Waals surface area (Å²) in [6, 6.07) is 13.9. The van der Waals surface area contributed by atoms with Crippen molar-refractivity contribution < 1.29 is 14.5 Å². The molecule has 1 heterocycles. The maximum absolute atomic E-state index is 12.1. The van der Waals surface area contributed by atoms with Crippen LogP contribution in [-0.2, 0) is 9.53 Å². The van der Waals surface area contributed by atoms with Gasteiger partial charge in [0, 0.05) is 22.2 Å². The third-order valence-electron chi connectivity index (χ3n) is 3.73. The molecule has 0 saturated carbocycles. The van der Waals surface area contributed by atoms with Crippen molar-refractivity contribution in [2.75, 3.05) is 0 Å². The molecule has 26 heavy (non-hydrogen) atoms. The van der Waals surface area contributed by atoms with Crippen LogP contribution in [0.2, 0.25) is 0 Å². The Morgan fingerprint density at radius 3 is 2.62 bits per heavy atom. The molecule has 130 valence electrons. The van der Waals surface area contributed by atoms with E-state index in [4.69, 9.17) is 16.3 Å². The fourth-order valence-corrected chi connectivity index (χ4v) is 2.69. The van der Waals surface area contributed by atoms with Gasteiger partial charge < -0.3 is 4.74 Å². The molecular formula is C19H13ClN2O4. The number of cyclic esters (lactones) is 1. The summed E-state index contributed by atoms with van der Waals surface area (Å²) in [6.07, 6.45) is 3.09. The van der Waals surface area contributed by atoms with Crippen LogP contribution in [0.25, 0.3) is 6.08 Å². The number of carbonyl (C=O) groups excluding carboxylic acids is 1. The van der Waals surface area contributed by atoms with Crippen molar-refractivity contribution in [1.82, 2.24) is 0 Å². The van der Waals surface area contributed by atoms with Crippen molar-refractivity contribution in [1.29, 1.82) is 0 Å². The van der Waals surface area contributed by atoms with E-state index in [1.165, 1.54) is 18.2 Å². The number of nitro benzene ring substituents is 1. The van der Waals surface area contributed by atoms with E-state index in [1.807, 2.05) is 30.3 Å². The van der Waals surface area contributed by atoms with Crippen molar-refractivity contribution in [2.24, 2.45) is 4.99 Å². The molecule has 2 aromatic carbocycles. The van der Waals surface area contributed by atoms with Gasteiger partial charge in [-0.15, -0.1) is 0 Å². The number of carbonyl (C=O) groups is 1. The number of hydrogen-bond donors (Lipinski definition) is 0. The van der Waals surface area contributed by atoms with Gasteiger partial charge >= 0.3 is 5.97 Å². The molecule has 6 nitrogen and oxygen atoms in total. The summed E-state index contributed by atoms with van der Waals surface area (Å²) in [6.45, 7) is 1.58. The third-order valence-corrected chi connectivity index (χ3v) is 3.95. The quantitative estimate of drug-likeness (QED) is 0.347. The summed E-state index contributed by atoms with van der Waals surface area (Å²) >= 11 is 6.17. The first-order valence-electron chi connectivity index (χ1n) is 7.65. The molecule has 3 rings (SSSR count). The molecule has 0 unspecified atom stereocenters. The molecule has 1 aliphatic rings. The number of nitro groups is 1. The van der Waals surface area contributed by atoms with Gasteiger partial charge in [0.25, 0.3) is 5.69 Å². The summed E-state index contributed by atoms with van der Waals surface area (Å²) in [4.78, 5) is 26.8. The predicted octanol–water partition coefficient (Wildman–Crippen LogP) is 4.37. The van der Waals surface area contributed by atoms with Gasteiger partial charge in [-0.3, -0.25) is 10.1 Å². The van der Waals surface area contributed by atoms with Crippen LogP contribution < -0.4 is 0 Å². The molecule has 0 fully saturated rings. The van der Waals surface area contributed by atoms with E-state index in [9.17, 15) is 14.9 Å². The highest BCUT2D eigenvalue weighted by atomic mass is 35.5. The fourth-order valence-electron chi connectivity index (χ4n) is 2.46. The SMILES string of the molecule is Cc1c(C2=N/C(=C/C(Cl)=C/c3ccccc3)C(=O)O2)cccc1[N+](=O)[O-]. The molecule has 0 atom stereocenters. The van der Waals surface area contributed by atoms with Crippen LogP contribution in [0.3, 0.4) is 0 Å². The molecule has 1 aliphatic heterocycles. The Balaban J connectivity index is 1.94. The Morgan fingerprint density at radius 2 is 1.92 bits per heavy atom. The Labute approximate surface area is 154 Å². The van der Waals surface area contributed by atoms with Crippen molar-refractivity contribution in [3.05, 3.63) is 92.1 Å².